The van der Waals surface area contributed by atoms with Crippen molar-refractivity contribution >= 4 is 11.9 Å². The molecule has 0 atom stereocenters. The number of phenols is 2. The molecule has 0 fully saturated rings. The first-order valence-electron chi connectivity index (χ1n) is 10.2. The standard InChI is InChI=1S/C21H26N2O6.C2H6/c1-29-21(28)15-23(13-17-7-3-5-9-19(17)25)11-10-22(14-20(26)27)12-16-6-2-4-8-18(16)24;1-2/h2-9,24-25H,10-15H2,1H3,(H,26,27);1-2H3. The number of hydrogen-bond donors (Lipinski definition) is 3. The molecule has 0 aromatic heterocycles. The van der Waals surface area contributed by atoms with Crippen molar-refractivity contribution in [3.05, 3.63) is 59.7 Å². The van der Waals surface area contributed by atoms with Gasteiger partial charge in [-0.2, -0.15) is 0 Å². The van der Waals surface area contributed by atoms with E-state index in [9.17, 15) is 24.9 Å². The van der Waals surface area contributed by atoms with E-state index in [1.807, 2.05) is 13.8 Å². The number of hydrogen-bond acceptors (Lipinski definition) is 7. The van der Waals surface area contributed by atoms with Gasteiger partial charge in [0, 0.05) is 37.3 Å². The molecular formula is C23H32N2O6. The molecule has 0 heterocycles. The van der Waals surface area contributed by atoms with Gasteiger partial charge < -0.3 is 20.1 Å². The molecular weight excluding hydrogens is 400 g/mol. The molecule has 2 aromatic rings. The number of aromatic hydroxyl groups is 2. The van der Waals surface area contributed by atoms with E-state index in [0.717, 1.165) is 0 Å². The number of carbonyl (C=O) groups excluding carboxylic acids is 1. The first-order valence-corrected chi connectivity index (χ1v) is 10.2. The minimum atomic E-state index is -0.986. The number of esters is 1. The van der Waals surface area contributed by atoms with Gasteiger partial charge in [-0.25, -0.2) is 0 Å². The Morgan fingerprint density at radius 3 is 1.61 bits per heavy atom. The Labute approximate surface area is 183 Å². The third-order valence-electron chi connectivity index (χ3n) is 4.44. The van der Waals surface area contributed by atoms with E-state index in [-0.39, 0.29) is 31.1 Å². The first kappa shape index (κ1) is 25.9. The maximum Gasteiger partial charge on any atom is 0.319 e. The highest BCUT2D eigenvalue weighted by Gasteiger charge is 2.17. The second-order valence-corrected chi connectivity index (χ2v) is 6.65. The zero-order valence-electron chi connectivity index (χ0n) is 18.3. The van der Waals surface area contributed by atoms with Gasteiger partial charge in [0.1, 0.15) is 11.5 Å². The van der Waals surface area contributed by atoms with Crippen LogP contribution in [0, 0.1) is 0 Å². The van der Waals surface area contributed by atoms with E-state index in [0.29, 0.717) is 30.8 Å². The summed E-state index contributed by atoms with van der Waals surface area (Å²) in [6, 6.07) is 13.6. The van der Waals surface area contributed by atoms with Gasteiger partial charge in [-0.3, -0.25) is 19.4 Å². The molecule has 0 aliphatic carbocycles. The van der Waals surface area contributed by atoms with Crippen LogP contribution in [0.15, 0.2) is 48.5 Å². The van der Waals surface area contributed by atoms with Crippen molar-refractivity contribution in [1.29, 1.82) is 0 Å². The monoisotopic (exact) mass is 432 g/mol. The number of aliphatic carboxylic acids is 1. The number of para-hydroxylation sites is 2. The molecule has 8 heteroatoms. The molecule has 0 aliphatic rings. The first-order chi connectivity index (χ1) is 14.9. The van der Waals surface area contributed by atoms with Crippen LogP contribution in [0.3, 0.4) is 0 Å². The molecule has 0 saturated heterocycles. The number of carboxylic acid groups (broad SMARTS) is 1. The summed E-state index contributed by atoms with van der Waals surface area (Å²) in [7, 11) is 1.30. The summed E-state index contributed by atoms with van der Waals surface area (Å²) >= 11 is 0. The minimum Gasteiger partial charge on any atom is -0.508 e. The Bertz CT molecular complexity index is 827. The maximum atomic E-state index is 11.8. The van der Waals surface area contributed by atoms with Crippen molar-refractivity contribution < 1.29 is 29.6 Å². The summed E-state index contributed by atoms with van der Waals surface area (Å²) in [5.41, 5.74) is 1.27. The third kappa shape index (κ3) is 9.50. The van der Waals surface area contributed by atoms with Crippen molar-refractivity contribution in [3.63, 3.8) is 0 Å². The zero-order chi connectivity index (χ0) is 23.2. The van der Waals surface area contributed by atoms with Gasteiger partial charge in [0.15, 0.2) is 0 Å². The van der Waals surface area contributed by atoms with Crippen molar-refractivity contribution in [2.24, 2.45) is 0 Å². The highest BCUT2D eigenvalue weighted by atomic mass is 16.5. The number of methoxy groups -OCH3 is 1. The molecule has 2 aromatic carbocycles. The fourth-order valence-electron chi connectivity index (χ4n) is 2.92. The van der Waals surface area contributed by atoms with Crippen LogP contribution in [0.5, 0.6) is 11.5 Å². The summed E-state index contributed by atoms with van der Waals surface area (Å²) in [5, 5.41) is 29.2. The number of nitrogens with zero attached hydrogens (tertiary/aromatic N) is 2. The molecule has 0 saturated carbocycles. The number of ether oxygens (including phenoxy) is 1. The quantitative estimate of drug-likeness (QED) is 0.465. The van der Waals surface area contributed by atoms with Crippen LogP contribution in [-0.4, -0.2) is 70.3 Å². The second-order valence-electron chi connectivity index (χ2n) is 6.65. The summed E-state index contributed by atoms with van der Waals surface area (Å²) < 4.78 is 4.75. The minimum absolute atomic E-state index is 0.00231. The number of rotatable bonds is 11. The van der Waals surface area contributed by atoms with E-state index < -0.39 is 11.9 Å². The molecule has 0 bridgehead atoms. The van der Waals surface area contributed by atoms with Gasteiger partial charge in [-0.1, -0.05) is 50.2 Å². The molecule has 2 rings (SSSR count). The highest BCUT2D eigenvalue weighted by molar-refractivity contribution is 5.71. The Balaban J connectivity index is 0.00000233. The lowest BCUT2D eigenvalue weighted by Gasteiger charge is -2.26. The fraction of sp³-hybridized carbons (Fsp3) is 0.391. The molecule has 0 radical (unpaired) electrons. The Kier molecular flexibility index (Phi) is 11.7. The highest BCUT2D eigenvalue weighted by Crippen LogP contribution is 2.19. The molecule has 0 unspecified atom stereocenters. The average Bonchev–Trinajstić information content (AvgIpc) is 2.76. The maximum absolute atomic E-state index is 11.8. The van der Waals surface area contributed by atoms with Crippen molar-refractivity contribution in [3.8, 4) is 11.5 Å². The normalized spacial score (nSPS) is 10.5. The predicted molar refractivity (Wildman–Crippen MR) is 118 cm³/mol. The number of carbonyl (C=O) groups is 2. The Hall–Kier alpha value is -3.10. The van der Waals surface area contributed by atoms with E-state index in [1.54, 1.807) is 58.3 Å². The summed E-state index contributed by atoms with van der Waals surface area (Å²) in [5.74, 6) is -1.19. The molecule has 31 heavy (non-hydrogen) atoms. The third-order valence-corrected chi connectivity index (χ3v) is 4.44. The van der Waals surface area contributed by atoms with Gasteiger partial charge in [0.2, 0.25) is 0 Å². The van der Waals surface area contributed by atoms with Crippen LogP contribution in [0.2, 0.25) is 0 Å². The molecule has 170 valence electrons. The van der Waals surface area contributed by atoms with Crippen LogP contribution < -0.4 is 0 Å². The van der Waals surface area contributed by atoms with E-state index >= 15 is 0 Å². The second kappa shape index (κ2) is 14.0. The average molecular weight is 433 g/mol. The Morgan fingerprint density at radius 2 is 1.23 bits per heavy atom. The van der Waals surface area contributed by atoms with Gasteiger partial charge in [0.05, 0.1) is 20.2 Å². The number of benzene rings is 2. The number of carboxylic acids is 1. The molecule has 0 spiro atoms. The number of phenolic OH excluding ortho intramolecular Hbond substituents is 2. The zero-order valence-corrected chi connectivity index (χ0v) is 18.3. The van der Waals surface area contributed by atoms with Gasteiger partial charge >= 0.3 is 11.9 Å². The molecule has 8 nitrogen and oxygen atoms in total. The van der Waals surface area contributed by atoms with Crippen molar-refractivity contribution in [2.75, 3.05) is 33.3 Å². The lowest BCUT2D eigenvalue weighted by molar-refractivity contribution is -0.142. The summed E-state index contributed by atoms with van der Waals surface area (Å²) in [6.45, 7) is 5.05. The largest absolute Gasteiger partial charge is 0.508 e. The van der Waals surface area contributed by atoms with Crippen LogP contribution >= 0.6 is 0 Å². The van der Waals surface area contributed by atoms with Gasteiger partial charge in [0.25, 0.3) is 0 Å². The SMILES string of the molecule is CC.COC(=O)CN(CCN(CC(=O)O)Cc1ccccc1O)Cc1ccccc1O. The van der Waals surface area contributed by atoms with Crippen LogP contribution in [0.25, 0.3) is 0 Å². The smallest absolute Gasteiger partial charge is 0.319 e. The van der Waals surface area contributed by atoms with E-state index in [2.05, 4.69) is 0 Å². The van der Waals surface area contributed by atoms with Gasteiger partial charge in [-0.05, 0) is 12.1 Å². The lowest BCUT2D eigenvalue weighted by atomic mass is 10.1. The fourth-order valence-corrected chi connectivity index (χ4v) is 2.92. The van der Waals surface area contributed by atoms with E-state index in [4.69, 9.17) is 4.74 Å². The molecule has 3 N–H and O–H groups in total. The molecule has 0 amide bonds. The summed E-state index contributed by atoms with van der Waals surface area (Å²) in [6.07, 6.45) is 0. The topological polar surface area (TPSA) is 111 Å². The van der Waals surface area contributed by atoms with Crippen LogP contribution in [-0.2, 0) is 27.4 Å². The van der Waals surface area contributed by atoms with E-state index in [1.165, 1.54) is 7.11 Å². The predicted octanol–water partition coefficient (Wildman–Crippen LogP) is 2.69. The van der Waals surface area contributed by atoms with Crippen LogP contribution in [0.4, 0.5) is 0 Å². The molecule has 0 aliphatic heterocycles. The van der Waals surface area contributed by atoms with Crippen LogP contribution in [0.1, 0.15) is 25.0 Å². The van der Waals surface area contributed by atoms with Crippen molar-refractivity contribution in [1.82, 2.24) is 9.80 Å². The lowest BCUT2D eigenvalue weighted by Crippen LogP contribution is -2.39. The van der Waals surface area contributed by atoms with Gasteiger partial charge in [-0.15, -0.1) is 0 Å². The summed E-state index contributed by atoms with van der Waals surface area (Å²) in [4.78, 5) is 26.5. The Morgan fingerprint density at radius 1 is 0.806 bits per heavy atom. The van der Waals surface area contributed by atoms with Crippen molar-refractivity contribution in [2.45, 2.75) is 26.9 Å².